The van der Waals surface area contributed by atoms with E-state index in [4.69, 9.17) is 0 Å². The number of rotatable bonds is 3. The second-order valence-electron chi connectivity index (χ2n) is 13.7. The predicted molar refractivity (Wildman–Crippen MR) is 220 cm³/mol. The summed E-state index contributed by atoms with van der Waals surface area (Å²) in [4.78, 5) is 2.42. The van der Waals surface area contributed by atoms with Crippen LogP contribution in [0.2, 0.25) is 0 Å². The summed E-state index contributed by atoms with van der Waals surface area (Å²) in [6.45, 7) is 0. The molecule has 0 radical (unpaired) electrons. The van der Waals surface area contributed by atoms with Crippen molar-refractivity contribution in [3.05, 3.63) is 194 Å². The Bertz CT molecular complexity index is 2970. The highest BCUT2D eigenvalue weighted by atomic mass is 15.2. The van der Waals surface area contributed by atoms with Gasteiger partial charge in [0.25, 0.3) is 0 Å². The van der Waals surface area contributed by atoms with E-state index in [0.29, 0.717) is 0 Å². The lowest BCUT2D eigenvalue weighted by Gasteiger charge is -2.27. The predicted octanol–water partition coefficient (Wildman–Crippen LogP) is 13.9. The smallest absolute Gasteiger partial charge is 0.0641 e. The molecule has 2 heteroatoms. The Morgan fingerprint density at radius 1 is 0.308 bits per heavy atom. The molecule has 1 aromatic heterocycles. The fourth-order valence-electron chi connectivity index (χ4n) is 8.66. The summed E-state index contributed by atoms with van der Waals surface area (Å²) in [5.41, 5.74) is 13.1. The second-order valence-corrected chi connectivity index (χ2v) is 13.7. The lowest BCUT2D eigenvalue weighted by atomic mass is 9.92. The quantitative estimate of drug-likeness (QED) is 0.171. The topological polar surface area (TPSA) is 8.17 Å². The van der Waals surface area contributed by atoms with Gasteiger partial charge in [-0.25, -0.2) is 0 Å². The molecule has 0 N–H and O–H groups in total. The monoisotopic (exact) mass is 660 g/mol. The van der Waals surface area contributed by atoms with Crippen LogP contribution in [-0.2, 0) is 0 Å². The molecular formula is C50H32N2. The van der Waals surface area contributed by atoms with Crippen LogP contribution < -0.4 is 4.90 Å². The van der Waals surface area contributed by atoms with E-state index in [-0.39, 0.29) is 0 Å². The molecule has 0 bridgehead atoms. The van der Waals surface area contributed by atoms with Gasteiger partial charge in [0.2, 0.25) is 0 Å². The van der Waals surface area contributed by atoms with Crippen molar-refractivity contribution in [3.63, 3.8) is 0 Å². The molecule has 0 spiro atoms. The third-order valence-corrected chi connectivity index (χ3v) is 10.9. The molecule has 0 unspecified atom stereocenters. The number of nitrogens with zero attached hydrogens (tertiary/aromatic N) is 2. The Kier molecular flexibility index (Phi) is 6.28. The minimum atomic E-state index is 1.14. The van der Waals surface area contributed by atoms with E-state index in [0.717, 1.165) is 17.1 Å². The minimum Gasteiger partial charge on any atom is -0.309 e. The average Bonchev–Trinajstić information content (AvgIpc) is 3.50. The van der Waals surface area contributed by atoms with E-state index in [1.165, 1.54) is 82.4 Å². The van der Waals surface area contributed by atoms with Gasteiger partial charge >= 0.3 is 0 Å². The Hall–Kier alpha value is -6.90. The molecule has 2 nitrogen and oxygen atoms in total. The molecule has 11 rings (SSSR count). The van der Waals surface area contributed by atoms with Crippen molar-refractivity contribution in [1.29, 1.82) is 0 Å². The third-order valence-electron chi connectivity index (χ3n) is 10.9. The number of benzene rings is 9. The highest BCUT2D eigenvalue weighted by molar-refractivity contribution is 6.25. The molecular weight excluding hydrogens is 629 g/mol. The molecule has 242 valence electrons. The van der Waals surface area contributed by atoms with Gasteiger partial charge in [-0.1, -0.05) is 146 Å². The summed E-state index contributed by atoms with van der Waals surface area (Å²) in [6.07, 6.45) is 0. The van der Waals surface area contributed by atoms with Crippen LogP contribution in [0.3, 0.4) is 0 Å². The molecule has 0 saturated carbocycles. The first-order chi connectivity index (χ1) is 25.8. The summed E-state index contributed by atoms with van der Waals surface area (Å²) >= 11 is 0. The van der Waals surface area contributed by atoms with Crippen molar-refractivity contribution < 1.29 is 0 Å². The number of aromatic nitrogens is 1. The van der Waals surface area contributed by atoms with Crippen LogP contribution >= 0.6 is 0 Å². The van der Waals surface area contributed by atoms with Gasteiger partial charge in [-0.05, 0) is 92.0 Å². The number of anilines is 3. The van der Waals surface area contributed by atoms with Gasteiger partial charge in [-0.15, -0.1) is 0 Å². The summed E-state index contributed by atoms with van der Waals surface area (Å²) in [5, 5.41) is 9.01. The van der Waals surface area contributed by atoms with Gasteiger partial charge in [0, 0.05) is 33.5 Å². The van der Waals surface area contributed by atoms with Crippen LogP contribution in [-0.4, -0.2) is 4.57 Å². The van der Waals surface area contributed by atoms with Gasteiger partial charge in [0.05, 0.1) is 22.6 Å². The highest BCUT2D eigenvalue weighted by Crippen LogP contribution is 2.54. The molecule has 0 saturated heterocycles. The zero-order valence-electron chi connectivity index (χ0n) is 28.4. The summed E-state index contributed by atoms with van der Waals surface area (Å²) < 4.78 is 2.47. The molecule has 0 atom stereocenters. The van der Waals surface area contributed by atoms with Crippen molar-refractivity contribution in [2.24, 2.45) is 0 Å². The van der Waals surface area contributed by atoms with E-state index >= 15 is 0 Å². The van der Waals surface area contributed by atoms with Crippen molar-refractivity contribution in [2.45, 2.75) is 0 Å². The van der Waals surface area contributed by atoms with Gasteiger partial charge in [-0.3, -0.25) is 0 Å². The molecule has 1 aliphatic heterocycles. The van der Waals surface area contributed by atoms with Gasteiger partial charge in [-0.2, -0.15) is 0 Å². The second kappa shape index (κ2) is 11.3. The third kappa shape index (κ3) is 4.19. The zero-order valence-corrected chi connectivity index (χ0v) is 28.4. The SMILES string of the molecule is c1ccc(N2c3ccccc3-c3c(n(-c4ccc(-c5ccc6c7ccccc7c7ccccc7c6c5)cc4)c4ccccc34)-c3ccccc32)cc1. The van der Waals surface area contributed by atoms with Crippen LogP contribution in [0, 0.1) is 0 Å². The Morgan fingerprint density at radius 3 is 1.50 bits per heavy atom. The summed E-state index contributed by atoms with van der Waals surface area (Å²) in [6, 6.07) is 71.0. The van der Waals surface area contributed by atoms with Crippen molar-refractivity contribution >= 4 is 60.3 Å². The molecule has 0 aliphatic carbocycles. The number of hydrogen-bond acceptors (Lipinski definition) is 1. The standard InChI is InChI=1S/C50H32N2/c1-2-14-35(15-3-1)51-46-23-11-8-20-42(46)49-43-21-9-12-24-47(43)52(50(49)44-22-10-13-25-48(44)51)36-29-26-33(27-30-36)34-28-31-41-39-18-5-4-16-37(39)38-17-6-7-19-40(38)45(41)32-34/h1-32H. The zero-order chi connectivity index (χ0) is 34.2. The maximum absolute atomic E-state index is 2.47. The van der Waals surface area contributed by atoms with E-state index in [2.05, 4.69) is 204 Å². The summed E-state index contributed by atoms with van der Waals surface area (Å²) in [7, 11) is 0. The summed E-state index contributed by atoms with van der Waals surface area (Å²) in [5.74, 6) is 0. The highest BCUT2D eigenvalue weighted by Gasteiger charge is 2.31. The number of hydrogen-bond donors (Lipinski definition) is 0. The first kappa shape index (κ1) is 28.9. The molecule has 2 heterocycles. The molecule has 0 amide bonds. The molecule has 1 aliphatic rings. The maximum Gasteiger partial charge on any atom is 0.0641 e. The van der Waals surface area contributed by atoms with E-state index in [9.17, 15) is 0 Å². The van der Waals surface area contributed by atoms with Crippen LogP contribution in [0.25, 0.3) is 82.4 Å². The van der Waals surface area contributed by atoms with Crippen LogP contribution in [0.15, 0.2) is 194 Å². The van der Waals surface area contributed by atoms with Crippen LogP contribution in [0.4, 0.5) is 17.1 Å². The first-order valence-corrected chi connectivity index (χ1v) is 17.9. The molecule has 0 fully saturated rings. The van der Waals surface area contributed by atoms with E-state index < -0.39 is 0 Å². The molecule has 9 aromatic carbocycles. The molecule has 52 heavy (non-hydrogen) atoms. The van der Waals surface area contributed by atoms with Gasteiger partial charge < -0.3 is 9.47 Å². The average molecular weight is 661 g/mol. The Balaban J connectivity index is 1.12. The van der Waals surface area contributed by atoms with Gasteiger partial charge in [0.15, 0.2) is 0 Å². The normalized spacial score (nSPS) is 12.2. The fraction of sp³-hybridized carbons (Fsp3) is 0. The van der Waals surface area contributed by atoms with Crippen molar-refractivity contribution in [1.82, 2.24) is 4.57 Å². The first-order valence-electron chi connectivity index (χ1n) is 17.9. The van der Waals surface area contributed by atoms with Crippen LogP contribution in [0.1, 0.15) is 0 Å². The minimum absolute atomic E-state index is 1.14. The van der Waals surface area contributed by atoms with Crippen molar-refractivity contribution in [3.8, 4) is 39.2 Å². The van der Waals surface area contributed by atoms with E-state index in [1.54, 1.807) is 0 Å². The van der Waals surface area contributed by atoms with Gasteiger partial charge in [0.1, 0.15) is 0 Å². The number of fused-ring (bicyclic) bond motifs is 13. The van der Waals surface area contributed by atoms with Crippen molar-refractivity contribution in [2.75, 3.05) is 4.90 Å². The Morgan fingerprint density at radius 2 is 0.808 bits per heavy atom. The largest absolute Gasteiger partial charge is 0.309 e. The fourth-order valence-corrected chi connectivity index (χ4v) is 8.66. The molecule has 10 aromatic rings. The maximum atomic E-state index is 2.47. The lowest BCUT2D eigenvalue weighted by molar-refractivity contribution is 1.13. The van der Waals surface area contributed by atoms with Crippen LogP contribution in [0.5, 0.6) is 0 Å². The lowest BCUT2D eigenvalue weighted by Crippen LogP contribution is -2.11. The Labute approximate surface area is 302 Å². The van der Waals surface area contributed by atoms with E-state index in [1.807, 2.05) is 0 Å². The number of para-hydroxylation sites is 4.